The smallest absolute Gasteiger partial charge is 0.308 e. The molecule has 31 heavy (non-hydrogen) atoms. The zero-order valence-electron chi connectivity index (χ0n) is 15.7. The number of hydroxylamine groups is 2. The summed E-state index contributed by atoms with van der Waals surface area (Å²) in [7, 11) is 0. The number of nitrogens with zero attached hydrogens (tertiary/aromatic N) is 3. The molecule has 1 aliphatic heterocycles. The minimum absolute atomic E-state index is 0.0411. The molecule has 0 bridgehead atoms. The molecule has 0 aliphatic carbocycles. The summed E-state index contributed by atoms with van der Waals surface area (Å²) in [5.41, 5.74) is 1.69. The van der Waals surface area contributed by atoms with E-state index in [9.17, 15) is 23.2 Å². The fraction of sp³-hybridized carbons (Fsp3) is 0.100. The van der Waals surface area contributed by atoms with Crippen molar-refractivity contribution in [3.05, 3.63) is 77.0 Å². The number of fused-ring (bicyclic) bond motifs is 1. The lowest BCUT2D eigenvalue weighted by molar-refractivity contribution is -0.137. The third-order valence-corrected chi connectivity index (χ3v) is 4.86. The largest absolute Gasteiger partial charge is 0.417 e. The SMILES string of the molecule is O=C(Nc1ccc(-n2cnc3c2C=CN(O)C3)cc1)Nc1ccc(Cl)c(C(F)(F)F)c1. The summed E-state index contributed by atoms with van der Waals surface area (Å²) in [5.74, 6) is 0. The van der Waals surface area contributed by atoms with Gasteiger partial charge in [0.25, 0.3) is 0 Å². The van der Waals surface area contributed by atoms with Crippen molar-refractivity contribution in [1.29, 1.82) is 0 Å². The Bertz CT molecular complexity index is 1160. The van der Waals surface area contributed by atoms with Gasteiger partial charge in [-0.05, 0) is 48.5 Å². The Labute approximate surface area is 179 Å². The highest BCUT2D eigenvalue weighted by atomic mass is 35.5. The lowest BCUT2D eigenvalue weighted by atomic mass is 10.2. The zero-order chi connectivity index (χ0) is 22.2. The zero-order valence-corrected chi connectivity index (χ0v) is 16.4. The number of alkyl halides is 3. The van der Waals surface area contributed by atoms with Crippen molar-refractivity contribution >= 4 is 35.1 Å². The first-order valence-corrected chi connectivity index (χ1v) is 9.33. The molecule has 0 spiro atoms. The number of nitrogens with one attached hydrogen (secondary N) is 2. The molecule has 0 saturated carbocycles. The Morgan fingerprint density at radius 1 is 1.10 bits per heavy atom. The monoisotopic (exact) mass is 449 g/mol. The van der Waals surface area contributed by atoms with Gasteiger partial charge < -0.3 is 10.6 Å². The van der Waals surface area contributed by atoms with Crippen molar-refractivity contribution in [1.82, 2.24) is 14.6 Å². The van der Waals surface area contributed by atoms with Crippen molar-refractivity contribution in [2.75, 3.05) is 10.6 Å². The van der Waals surface area contributed by atoms with Crippen LogP contribution >= 0.6 is 11.6 Å². The van der Waals surface area contributed by atoms with E-state index in [0.717, 1.165) is 28.6 Å². The Morgan fingerprint density at radius 2 is 1.77 bits per heavy atom. The molecule has 160 valence electrons. The van der Waals surface area contributed by atoms with Gasteiger partial charge in [0.2, 0.25) is 0 Å². The fourth-order valence-corrected chi connectivity index (χ4v) is 3.31. The van der Waals surface area contributed by atoms with Gasteiger partial charge in [-0.3, -0.25) is 14.8 Å². The van der Waals surface area contributed by atoms with E-state index < -0.39 is 22.8 Å². The van der Waals surface area contributed by atoms with Crippen LogP contribution in [-0.4, -0.2) is 25.9 Å². The van der Waals surface area contributed by atoms with E-state index >= 15 is 0 Å². The van der Waals surface area contributed by atoms with Crippen molar-refractivity contribution in [2.24, 2.45) is 0 Å². The van der Waals surface area contributed by atoms with Crippen LogP contribution in [-0.2, 0) is 12.7 Å². The normalized spacial score (nSPS) is 13.1. The number of imidazole rings is 1. The molecule has 0 atom stereocenters. The van der Waals surface area contributed by atoms with Gasteiger partial charge in [-0.25, -0.2) is 9.78 Å². The minimum Gasteiger partial charge on any atom is -0.308 e. The molecule has 4 rings (SSSR count). The summed E-state index contributed by atoms with van der Waals surface area (Å²) in [6.07, 6.45) is 0.259. The van der Waals surface area contributed by atoms with Gasteiger partial charge in [0.1, 0.15) is 6.33 Å². The lowest BCUT2D eigenvalue weighted by Gasteiger charge is -2.16. The molecule has 0 fully saturated rings. The van der Waals surface area contributed by atoms with Gasteiger partial charge in [0, 0.05) is 23.3 Å². The van der Waals surface area contributed by atoms with Crippen LogP contribution in [0.5, 0.6) is 0 Å². The van der Waals surface area contributed by atoms with Gasteiger partial charge in [-0.2, -0.15) is 13.2 Å². The van der Waals surface area contributed by atoms with E-state index in [4.69, 9.17) is 11.6 Å². The number of rotatable bonds is 3. The molecular formula is C20H15ClF3N5O2. The predicted molar refractivity (Wildman–Crippen MR) is 109 cm³/mol. The molecule has 2 aromatic carbocycles. The highest BCUT2D eigenvalue weighted by molar-refractivity contribution is 6.31. The van der Waals surface area contributed by atoms with E-state index in [1.165, 1.54) is 12.3 Å². The maximum Gasteiger partial charge on any atom is 0.417 e. The van der Waals surface area contributed by atoms with Crippen LogP contribution in [0.3, 0.4) is 0 Å². The summed E-state index contributed by atoms with van der Waals surface area (Å²) in [6, 6.07) is 9.23. The Morgan fingerprint density at radius 3 is 2.48 bits per heavy atom. The molecule has 1 aliphatic rings. The maximum atomic E-state index is 13.0. The van der Waals surface area contributed by atoms with Crippen molar-refractivity contribution < 1.29 is 23.2 Å². The van der Waals surface area contributed by atoms with Crippen LogP contribution in [0.1, 0.15) is 17.0 Å². The number of carbonyl (C=O) groups excluding carboxylic acids is 1. The summed E-state index contributed by atoms with van der Waals surface area (Å²) in [5, 5.41) is 15.0. The van der Waals surface area contributed by atoms with Crippen LogP contribution in [0.2, 0.25) is 5.02 Å². The third kappa shape index (κ3) is 4.49. The average molecular weight is 450 g/mol. The van der Waals surface area contributed by atoms with E-state index in [0.29, 0.717) is 11.4 Å². The molecule has 3 N–H and O–H groups in total. The molecule has 2 heterocycles. The van der Waals surface area contributed by atoms with Crippen LogP contribution in [0.25, 0.3) is 11.8 Å². The topological polar surface area (TPSA) is 82.4 Å². The standard InChI is InChI=1S/C20H15ClF3N5O2/c21-16-6-3-13(9-15(16)20(22,23)24)27-19(30)26-12-1-4-14(5-2-12)29-11-25-17-10-28(31)8-7-18(17)29/h1-9,11,31H,10H2,(H2,26,27,30). The first-order valence-electron chi connectivity index (χ1n) is 8.96. The molecule has 0 saturated heterocycles. The fourth-order valence-electron chi connectivity index (χ4n) is 3.08. The van der Waals surface area contributed by atoms with Crippen LogP contribution in [0, 0.1) is 0 Å². The van der Waals surface area contributed by atoms with E-state index in [2.05, 4.69) is 15.6 Å². The second kappa shape index (κ2) is 7.97. The molecule has 0 radical (unpaired) electrons. The van der Waals surface area contributed by atoms with Gasteiger partial charge in [-0.15, -0.1) is 0 Å². The molecule has 3 aromatic rings. The van der Waals surface area contributed by atoms with Gasteiger partial charge in [0.15, 0.2) is 0 Å². The summed E-state index contributed by atoms with van der Waals surface area (Å²) >= 11 is 5.58. The molecular weight excluding hydrogens is 435 g/mol. The van der Waals surface area contributed by atoms with Gasteiger partial charge >= 0.3 is 12.2 Å². The number of amides is 2. The third-order valence-electron chi connectivity index (χ3n) is 4.53. The van der Waals surface area contributed by atoms with Crippen molar-refractivity contribution in [2.45, 2.75) is 12.7 Å². The summed E-state index contributed by atoms with van der Waals surface area (Å²) < 4.78 is 40.7. The number of benzene rings is 2. The quantitative estimate of drug-likeness (QED) is 0.502. The summed E-state index contributed by atoms with van der Waals surface area (Å²) in [4.78, 5) is 16.4. The van der Waals surface area contributed by atoms with Crippen LogP contribution in [0.4, 0.5) is 29.3 Å². The average Bonchev–Trinajstić information content (AvgIpc) is 3.12. The molecule has 1 aromatic heterocycles. The van der Waals surface area contributed by atoms with Crippen LogP contribution in [0.15, 0.2) is 55.0 Å². The Hall–Kier alpha value is -3.50. The molecule has 11 heteroatoms. The van der Waals surface area contributed by atoms with Crippen molar-refractivity contribution in [3.8, 4) is 5.69 Å². The van der Waals surface area contributed by atoms with Gasteiger partial charge in [-0.1, -0.05) is 11.6 Å². The number of urea groups is 1. The molecule has 7 nitrogen and oxygen atoms in total. The first-order chi connectivity index (χ1) is 14.7. The lowest BCUT2D eigenvalue weighted by Crippen LogP contribution is -2.20. The number of carbonyl (C=O) groups is 1. The highest BCUT2D eigenvalue weighted by Crippen LogP contribution is 2.36. The first kappa shape index (κ1) is 20.8. The van der Waals surface area contributed by atoms with Crippen LogP contribution < -0.4 is 10.6 Å². The second-order valence-corrected chi connectivity index (χ2v) is 7.09. The van der Waals surface area contributed by atoms with E-state index in [1.54, 1.807) is 36.7 Å². The summed E-state index contributed by atoms with van der Waals surface area (Å²) in [6.45, 7) is 0.277. The van der Waals surface area contributed by atoms with E-state index in [-0.39, 0.29) is 12.2 Å². The number of anilines is 2. The second-order valence-electron chi connectivity index (χ2n) is 6.68. The number of aromatic nitrogens is 2. The Balaban J connectivity index is 1.45. The van der Waals surface area contributed by atoms with Crippen molar-refractivity contribution in [3.63, 3.8) is 0 Å². The number of hydrogen-bond acceptors (Lipinski definition) is 4. The minimum atomic E-state index is -4.63. The number of hydrogen-bond donors (Lipinski definition) is 3. The van der Waals surface area contributed by atoms with E-state index in [1.807, 2.05) is 4.57 Å². The Kier molecular flexibility index (Phi) is 5.34. The predicted octanol–water partition coefficient (Wildman–Crippen LogP) is 5.36. The molecule has 2 amide bonds. The molecule has 0 unspecified atom stereocenters. The van der Waals surface area contributed by atoms with Gasteiger partial charge in [0.05, 0.1) is 28.5 Å². The number of halogens is 4. The maximum absolute atomic E-state index is 13.0. The highest BCUT2D eigenvalue weighted by Gasteiger charge is 2.33.